The van der Waals surface area contributed by atoms with E-state index in [0.29, 0.717) is 36.7 Å². The van der Waals surface area contributed by atoms with Gasteiger partial charge in [-0.15, -0.1) is 0 Å². The van der Waals surface area contributed by atoms with Crippen molar-refractivity contribution in [1.82, 2.24) is 19.1 Å². The molecule has 0 aliphatic heterocycles. The van der Waals surface area contributed by atoms with Gasteiger partial charge in [-0.2, -0.15) is 0 Å². The normalized spacial score (nSPS) is 11.5. The molecule has 0 spiro atoms. The molecule has 0 radical (unpaired) electrons. The van der Waals surface area contributed by atoms with Gasteiger partial charge in [-0.05, 0) is 23.3 Å². The Balaban J connectivity index is 2.03. The second-order valence-corrected chi connectivity index (χ2v) is 6.72. The number of imidazole rings is 1. The van der Waals surface area contributed by atoms with Crippen molar-refractivity contribution in [3.8, 4) is 11.4 Å². The van der Waals surface area contributed by atoms with Crippen LogP contribution in [0, 0.1) is 0 Å². The van der Waals surface area contributed by atoms with E-state index < -0.39 is 11.2 Å². The number of ether oxygens (including phenoxy) is 1. The molecule has 7 heteroatoms. The molecule has 0 unspecified atom stereocenters. The second kappa shape index (κ2) is 7.44. The molecular weight excluding hydrogens is 356 g/mol. The summed E-state index contributed by atoms with van der Waals surface area (Å²) in [6, 6.07) is 14.2. The van der Waals surface area contributed by atoms with E-state index in [0.717, 1.165) is 22.8 Å². The van der Waals surface area contributed by atoms with Crippen LogP contribution in [-0.4, -0.2) is 32.8 Å². The van der Waals surface area contributed by atoms with Crippen LogP contribution in [-0.2, 0) is 17.8 Å². The van der Waals surface area contributed by atoms with Crippen LogP contribution in [0.15, 0.2) is 52.1 Å². The monoisotopic (exact) mass is 378 g/mol. The van der Waals surface area contributed by atoms with Gasteiger partial charge in [0.15, 0.2) is 11.2 Å². The first-order valence-electron chi connectivity index (χ1n) is 9.35. The third kappa shape index (κ3) is 3.03. The van der Waals surface area contributed by atoms with Crippen LogP contribution in [0.4, 0.5) is 0 Å². The summed E-state index contributed by atoms with van der Waals surface area (Å²) in [7, 11) is 1.62. The first kappa shape index (κ1) is 18.2. The number of nitrogens with zero attached hydrogens (tertiary/aromatic N) is 3. The summed E-state index contributed by atoms with van der Waals surface area (Å²) in [5.74, 6) is 0.652. The van der Waals surface area contributed by atoms with Gasteiger partial charge in [-0.1, -0.05) is 43.3 Å². The number of nitrogens with one attached hydrogen (secondary N) is 1. The fourth-order valence-corrected chi connectivity index (χ4v) is 3.55. The van der Waals surface area contributed by atoms with E-state index in [4.69, 9.17) is 9.72 Å². The highest BCUT2D eigenvalue weighted by atomic mass is 16.5. The smallest absolute Gasteiger partial charge is 0.330 e. The van der Waals surface area contributed by atoms with Gasteiger partial charge in [0.05, 0.1) is 6.61 Å². The third-order valence-corrected chi connectivity index (χ3v) is 4.86. The molecule has 0 amide bonds. The van der Waals surface area contributed by atoms with Crippen LogP contribution in [0.2, 0.25) is 0 Å². The first-order chi connectivity index (χ1) is 13.6. The second-order valence-electron chi connectivity index (χ2n) is 6.72. The van der Waals surface area contributed by atoms with Gasteiger partial charge in [0.25, 0.3) is 5.56 Å². The van der Waals surface area contributed by atoms with E-state index >= 15 is 0 Å². The maximum absolute atomic E-state index is 12.6. The number of hydrogen-bond acceptors (Lipinski definition) is 4. The van der Waals surface area contributed by atoms with Gasteiger partial charge in [0, 0.05) is 25.8 Å². The predicted molar refractivity (Wildman–Crippen MR) is 110 cm³/mol. The Labute approximate surface area is 161 Å². The van der Waals surface area contributed by atoms with Crippen molar-refractivity contribution >= 4 is 21.9 Å². The maximum Gasteiger partial charge on any atom is 0.330 e. The number of aromatic nitrogens is 4. The van der Waals surface area contributed by atoms with E-state index in [1.807, 2.05) is 41.8 Å². The molecule has 7 nitrogen and oxygen atoms in total. The Morgan fingerprint density at radius 3 is 2.57 bits per heavy atom. The summed E-state index contributed by atoms with van der Waals surface area (Å²) in [5, 5.41) is 2.22. The molecular formula is C21H22N4O3. The number of rotatable bonds is 6. The Bertz CT molecular complexity index is 1270. The lowest BCUT2D eigenvalue weighted by molar-refractivity contribution is 0.188. The molecule has 0 aliphatic carbocycles. The molecule has 0 fully saturated rings. The van der Waals surface area contributed by atoms with Crippen LogP contribution in [0.5, 0.6) is 0 Å². The summed E-state index contributed by atoms with van der Waals surface area (Å²) in [6.45, 7) is 3.36. The van der Waals surface area contributed by atoms with Crippen molar-refractivity contribution in [2.24, 2.45) is 0 Å². The molecule has 0 bridgehead atoms. The molecule has 0 saturated heterocycles. The minimum absolute atomic E-state index is 0.397. The number of benzene rings is 2. The van der Waals surface area contributed by atoms with Crippen molar-refractivity contribution in [3.05, 3.63) is 63.3 Å². The van der Waals surface area contributed by atoms with Crippen LogP contribution in [0.25, 0.3) is 33.3 Å². The highest BCUT2D eigenvalue weighted by molar-refractivity contribution is 5.87. The van der Waals surface area contributed by atoms with E-state index in [1.54, 1.807) is 7.11 Å². The molecule has 4 rings (SSSR count). The standard InChI is InChI=1S/C21H22N4O3/c1-3-10-25-19-17(20(26)23-21(25)27)24(11-12-28-2)18(22-19)16-9-8-14-6-4-5-7-15(14)13-16/h4-9,13H,3,10-12H2,1-2H3,(H,23,26,27). The summed E-state index contributed by atoms with van der Waals surface area (Å²) in [4.78, 5) is 32.1. The van der Waals surface area contributed by atoms with Crippen molar-refractivity contribution in [2.75, 3.05) is 13.7 Å². The van der Waals surface area contributed by atoms with Crippen LogP contribution >= 0.6 is 0 Å². The Morgan fingerprint density at radius 2 is 1.82 bits per heavy atom. The van der Waals surface area contributed by atoms with Crippen molar-refractivity contribution in [3.63, 3.8) is 0 Å². The predicted octanol–water partition coefficient (Wildman–Crippen LogP) is 2.76. The zero-order valence-corrected chi connectivity index (χ0v) is 15.9. The highest BCUT2D eigenvalue weighted by Gasteiger charge is 2.19. The van der Waals surface area contributed by atoms with Gasteiger partial charge >= 0.3 is 5.69 Å². The fourth-order valence-electron chi connectivity index (χ4n) is 3.55. The molecule has 2 aromatic carbocycles. The van der Waals surface area contributed by atoms with Gasteiger partial charge in [0.2, 0.25) is 0 Å². The Kier molecular flexibility index (Phi) is 4.83. The molecule has 0 atom stereocenters. The summed E-state index contributed by atoms with van der Waals surface area (Å²) in [6.07, 6.45) is 0.761. The van der Waals surface area contributed by atoms with Gasteiger partial charge in [0.1, 0.15) is 5.82 Å². The third-order valence-electron chi connectivity index (χ3n) is 4.86. The van der Waals surface area contributed by atoms with E-state index in [9.17, 15) is 9.59 Å². The average molecular weight is 378 g/mol. The van der Waals surface area contributed by atoms with E-state index in [-0.39, 0.29) is 0 Å². The lowest BCUT2D eigenvalue weighted by Crippen LogP contribution is -2.31. The number of methoxy groups -OCH3 is 1. The fraction of sp³-hybridized carbons (Fsp3) is 0.286. The number of aryl methyl sites for hydroxylation is 1. The highest BCUT2D eigenvalue weighted by Crippen LogP contribution is 2.26. The number of aromatic amines is 1. The number of fused-ring (bicyclic) bond motifs is 2. The maximum atomic E-state index is 12.6. The quantitative estimate of drug-likeness (QED) is 0.559. The van der Waals surface area contributed by atoms with Gasteiger partial charge in [-0.25, -0.2) is 9.78 Å². The molecule has 4 aromatic rings. The van der Waals surface area contributed by atoms with Crippen molar-refractivity contribution in [1.29, 1.82) is 0 Å². The first-order valence-corrected chi connectivity index (χ1v) is 9.35. The number of H-pyrrole nitrogens is 1. The average Bonchev–Trinajstić information content (AvgIpc) is 3.09. The number of hydrogen-bond donors (Lipinski definition) is 1. The van der Waals surface area contributed by atoms with Crippen LogP contribution in [0.3, 0.4) is 0 Å². The Hall–Kier alpha value is -3.19. The summed E-state index contributed by atoms with van der Waals surface area (Å²) < 4.78 is 8.61. The van der Waals surface area contributed by atoms with Crippen LogP contribution in [0.1, 0.15) is 13.3 Å². The molecule has 144 valence electrons. The topological polar surface area (TPSA) is 81.9 Å². The molecule has 1 N–H and O–H groups in total. The van der Waals surface area contributed by atoms with Crippen LogP contribution < -0.4 is 11.2 Å². The minimum atomic E-state index is -0.430. The van der Waals surface area contributed by atoms with Crippen molar-refractivity contribution in [2.45, 2.75) is 26.4 Å². The SMILES string of the molecule is CCCn1c(=O)[nH]c(=O)c2c1nc(-c1ccc3ccccc3c1)n2CCOC. The molecule has 2 heterocycles. The summed E-state index contributed by atoms with van der Waals surface area (Å²) in [5.41, 5.74) is 0.841. The lowest BCUT2D eigenvalue weighted by Gasteiger charge is -2.09. The van der Waals surface area contributed by atoms with Crippen molar-refractivity contribution < 1.29 is 4.74 Å². The Morgan fingerprint density at radius 1 is 1.04 bits per heavy atom. The zero-order chi connectivity index (χ0) is 19.7. The lowest BCUT2D eigenvalue weighted by atomic mass is 10.1. The molecule has 0 saturated carbocycles. The van der Waals surface area contributed by atoms with E-state index in [2.05, 4.69) is 17.1 Å². The molecule has 0 aliphatic rings. The zero-order valence-electron chi connectivity index (χ0n) is 15.9. The molecule has 2 aromatic heterocycles. The van der Waals surface area contributed by atoms with E-state index in [1.165, 1.54) is 4.57 Å². The van der Waals surface area contributed by atoms with Gasteiger partial charge < -0.3 is 9.30 Å². The minimum Gasteiger partial charge on any atom is -0.383 e. The largest absolute Gasteiger partial charge is 0.383 e. The van der Waals surface area contributed by atoms with Gasteiger partial charge in [-0.3, -0.25) is 14.3 Å². The summed E-state index contributed by atoms with van der Waals surface area (Å²) >= 11 is 0. The molecule has 28 heavy (non-hydrogen) atoms.